The quantitative estimate of drug-likeness (QED) is 0.684. The molecule has 16 heavy (non-hydrogen) atoms. The molecule has 0 saturated heterocycles. The molecule has 0 saturated carbocycles. The molecule has 0 aliphatic carbocycles. The van der Waals surface area contributed by atoms with Crippen molar-refractivity contribution in [3.05, 3.63) is 10.8 Å². The van der Waals surface area contributed by atoms with Gasteiger partial charge in [-0.1, -0.05) is 56.8 Å². The van der Waals surface area contributed by atoms with Gasteiger partial charge < -0.3 is 0 Å². The molecule has 1 aromatic rings. The van der Waals surface area contributed by atoms with E-state index < -0.39 is 0 Å². The maximum absolute atomic E-state index is 6.22. The van der Waals surface area contributed by atoms with Crippen molar-refractivity contribution in [1.82, 2.24) is 15.0 Å². The zero-order valence-corrected chi connectivity index (χ0v) is 11.3. The maximum Gasteiger partial charge on any atom is 0.150 e. The average molecular weight is 244 g/mol. The molecule has 1 heterocycles. The van der Waals surface area contributed by atoms with E-state index in [1.807, 2.05) is 4.68 Å². The molecule has 0 atom stereocenters. The molecular weight excluding hydrogens is 222 g/mol. The molecule has 92 valence electrons. The van der Waals surface area contributed by atoms with Crippen molar-refractivity contribution in [3.8, 4) is 0 Å². The van der Waals surface area contributed by atoms with Crippen LogP contribution in [0, 0.1) is 5.92 Å². The smallest absolute Gasteiger partial charge is 0.150 e. The monoisotopic (exact) mass is 243 g/mol. The Labute approximate surface area is 103 Å². The predicted molar refractivity (Wildman–Crippen MR) is 67.7 cm³/mol. The van der Waals surface area contributed by atoms with Gasteiger partial charge in [-0.3, -0.25) is 0 Å². The van der Waals surface area contributed by atoms with E-state index >= 15 is 0 Å². The second kappa shape index (κ2) is 6.89. The summed E-state index contributed by atoms with van der Waals surface area (Å²) in [4.78, 5) is 0. The van der Waals surface area contributed by atoms with Crippen LogP contribution in [0.4, 0.5) is 0 Å². The first-order valence-corrected chi connectivity index (χ1v) is 6.60. The van der Waals surface area contributed by atoms with Crippen molar-refractivity contribution in [1.29, 1.82) is 0 Å². The highest BCUT2D eigenvalue weighted by molar-refractivity contribution is 6.30. The molecule has 0 aliphatic heterocycles. The fraction of sp³-hybridized carbons (Fsp3) is 0.833. The molecule has 0 N–H and O–H groups in total. The first kappa shape index (κ1) is 13.5. The summed E-state index contributed by atoms with van der Waals surface area (Å²) in [6.07, 6.45) is 5.83. The predicted octanol–water partition coefficient (Wildman–Crippen LogP) is 3.71. The van der Waals surface area contributed by atoms with E-state index in [0.717, 1.165) is 30.2 Å². The molecule has 0 aromatic carbocycles. The van der Waals surface area contributed by atoms with Crippen molar-refractivity contribution in [2.45, 2.75) is 59.4 Å². The summed E-state index contributed by atoms with van der Waals surface area (Å²) in [7, 11) is 0. The van der Waals surface area contributed by atoms with Crippen LogP contribution >= 0.6 is 11.6 Å². The standard InChI is InChI=1S/C12H22ClN3/c1-4-5-6-7-8-16-12(13)11(14-15-16)9-10(2)3/h10H,4-9H2,1-3H3. The van der Waals surface area contributed by atoms with Crippen LogP contribution in [0.3, 0.4) is 0 Å². The van der Waals surface area contributed by atoms with Gasteiger partial charge in [-0.15, -0.1) is 5.10 Å². The number of aryl methyl sites for hydroxylation is 1. The van der Waals surface area contributed by atoms with Gasteiger partial charge in [0.25, 0.3) is 0 Å². The first-order chi connectivity index (χ1) is 7.65. The Morgan fingerprint density at radius 3 is 2.62 bits per heavy atom. The average Bonchev–Trinajstić information content (AvgIpc) is 2.56. The summed E-state index contributed by atoms with van der Waals surface area (Å²) >= 11 is 6.22. The molecule has 1 aromatic heterocycles. The van der Waals surface area contributed by atoms with E-state index in [4.69, 9.17) is 11.6 Å². The molecule has 0 radical (unpaired) electrons. The van der Waals surface area contributed by atoms with Gasteiger partial charge in [0.1, 0.15) is 5.69 Å². The molecular formula is C12H22ClN3. The van der Waals surface area contributed by atoms with E-state index in [-0.39, 0.29) is 0 Å². The van der Waals surface area contributed by atoms with Crippen molar-refractivity contribution in [3.63, 3.8) is 0 Å². The number of hydrogen-bond donors (Lipinski definition) is 0. The van der Waals surface area contributed by atoms with Crippen LogP contribution in [-0.4, -0.2) is 15.0 Å². The fourth-order valence-corrected chi connectivity index (χ4v) is 1.91. The van der Waals surface area contributed by atoms with Crippen LogP contribution < -0.4 is 0 Å². The molecule has 4 heteroatoms. The Bertz CT molecular complexity index is 307. The number of halogens is 1. The minimum atomic E-state index is 0.572. The second-order valence-electron chi connectivity index (χ2n) is 4.71. The largest absolute Gasteiger partial charge is 0.234 e. The molecule has 0 fully saturated rings. The Morgan fingerprint density at radius 1 is 1.25 bits per heavy atom. The zero-order valence-electron chi connectivity index (χ0n) is 10.5. The second-order valence-corrected chi connectivity index (χ2v) is 5.07. The molecule has 1 rings (SSSR count). The highest BCUT2D eigenvalue weighted by Crippen LogP contribution is 2.17. The van der Waals surface area contributed by atoms with Crippen LogP contribution in [0.15, 0.2) is 0 Å². The van der Waals surface area contributed by atoms with Gasteiger partial charge >= 0.3 is 0 Å². The third kappa shape index (κ3) is 4.12. The van der Waals surface area contributed by atoms with Crippen LogP contribution in [0.1, 0.15) is 52.1 Å². The molecule has 0 spiro atoms. The van der Waals surface area contributed by atoms with Gasteiger partial charge in [0.2, 0.25) is 0 Å². The lowest BCUT2D eigenvalue weighted by Crippen LogP contribution is -2.01. The van der Waals surface area contributed by atoms with Crippen molar-refractivity contribution in [2.24, 2.45) is 5.92 Å². The molecule has 0 unspecified atom stereocenters. The zero-order chi connectivity index (χ0) is 12.0. The maximum atomic E-state index is 6.22. The van der Waals surface area contributed by atoms with Crippen LogP contribution in [0.25, 0.3) is 0 Å². The summed E-state index contributed by atoms with van der Waals surface area (Å²) in [6, 6.07) is 0. The van der Waals surface area contributed by atoms with Gasteiger partial charge in [0.15, 0.2) is 5.15 Å². The summed E-state index contributed by atoms with van der Waals surface area (Å²) in [5.41, 5.74) is 0.937. The Balaban J connectivity index is 2.45. The lowest BCUT2D eigenvalue weighted by molar-refractivity contribution is 0.528. The Kier molecular flexibility index (Phi) is 5.81. The first-order valence-electron chi connectivity index (χ1n) is 6.23. The third-order valence-corrected chi connectivity index (χ3v) is 2.98. The van der Waals surface area contributed by atoms with Crippen molar-refractivity contribution >= 4 is 11.6 Å². The van der Waals surface area contributed by atoms with Crippen LogP contribution in [0.5, 0.6) is 0 Å². The Morgan fingerprint density at radius 2 is 2.00 bits per heavy atom. The normalized spacial score (nSPS) is 11.3. The van der Waals surface area contributed by atoms with E-state index in [2.05, 4.69) is 31.1 Å². The summed E-state index contributed by atoms with van der Waals surface area (Å²) in [5, 5.41) is 8.96. The Hall–Kier alpha value is -0.570. The lowest BCUT2D eigenvalue weighted by Gasteiger charge is -2.03. The topological polar surface area (TPSA) is 30.7 Å². The van der Waals surface area contributed by atoms with Crippen molar-refractivity contribution < 1.29 is 0 Å². The van der Waals surface area contributed by atoms with Gasteiger partial charge in [-0.05, 0) is 18.8 Å². The minimum absolute atomic E-state index is 0.572. The summed E-state index contributed by atoms with van der Waals surface area (Å²) in [5.74, 6) is 0.572. The van der Waals surface area contributed by atoms with E-state index in [9.17, 15) is 0 Å². The van der Waals surface area contributed by atoms with E-state index in [0.29, 0.717) is 5.92 Å². The van der Waals surface area contributed by atoms with Crippen LogP contribution in [0.2, 0.25) is 5.15 Å². The third-order valence-electron chi connectivity index (χ3n) is 2.56. The highest BCUT2D eigenvalue weighted by Gasteiger charge is 2.11. The van der Waals surface area contributed by atoms with Gasteiger partial charge in [-0.25, -0.2) is 4.68 Å². The van der Waals surface area contributed by atoms with Crippen LogP contribution in [-0.2, 0) is 13.0 Å². The van der Waals surface area contributed by atoms with Gasteiger partial charge in [0, 0.05) is 6.54 Å². The van der Waals surface area contributed by atoms with E-state index in [1.54, 1.807) is 0 Å². The van der Waals surface area contributed by atoms with Crippen molar-refractivity contribution in [2.75, 3.05) is 0 Å². The van der Waals surface area contributed by atoms with Gasteiger partial charge in [-0.2, -0.15) is 0 Å². The van der Waals surface area contributed by atoms with E-state index in [1.165, 1.54) is 19.3 Å². The summed E-state index contributed by atoms with van der Waals surface area (Å²) in [6.45, 7) is 7.43. The van der Waals surface area contributed by atoms with Gasteiger partial charge in [0.05, 0.1) is 0 Å². The number of rotatable bonds is 7. The number of hydrogen-bond acceptors (Lipinski definition) is 2. The minimum Gasteiger partial charge on any atom is -0.234 e. The number of unbranched alkanes of at least 4 members (excludes halogenated alkanes) is 3. The number of aromatic nitrogens is 3. The highest BCUT2D eigenvalue weighted by atomic mass is 35.5. The fourth-order valence-electron chi connectivity index (χ4n) is 1.68. The SMILES string of the molecule is CCCCCCn1nnc(CC(C)C)c1Cl. The molecule has 3 nitrogen and oxygen atoms in total. The molecule has 0 amide bonds. The molecule has 0 bridgehead atoms. The lowest BCUT2D eigenvalue weighted by atomic mass is 10.1. The number of nitrogens with zero attached hydrogens (tertiary/aromatic N) is 3. The molecule has 0 aliphatic rings. The summed E-state index contributed by atoms with van der Waals surface area (Å²) < 4.78 is 1.83.